The van der Waals surface area contributed by atoms with Crippen molar-refractivity contribution < 1.29 is 32.6 Å². The standard InChI is InChI=1S/C27H32N4O7S/c32-25(20-4-6-22(7-5-20)39(35,36)30-13-17-38-18-14-30)23-24(21-3-1-8-28-19-21)31(27(34)26(23)33)10-2-9-29-11-15-37-16-12-29/h1,3-8,19,24,32H,2,9-18H2. The molecule has 3 fully saturated rings. The number of aromatic nitrogens is 1. The lowest BCUT2D eigenvalue weighted by Gasteiger charge is -2.29. The number of carbonyl (C=O) groups excluding carboxylic acids is 2. The first kappa shape index (κ1) is 27.4. The van der Waals surface area contributed by atoms with Crippen LogP contribution in [0.3, 0.4) is 0 Å². The molecule has 1 atom stereocenters. The molecular weight excluding hydrogens is 524 g/mol. The molecule has 1 amide bonds. The Morgan fingerprint density at radius 3 is 2.26 bits per heavy atom. The van der Waals surface area contributed by atoms with Crippen LogP contribution < -0.4 is 0 Å². The average Bonchev–Trinajstić information content (AvgIpc) is 3.23. The van der Waals surface area contributed by atoms with Gasteiger partial charge in [-0.3, -0.25) is 19.5 Å². The van der Waals surface area contributed by atoms with Crippen LogP contribution in [-0.2, 0) is 29.1 Å². The highest BCUT2D eigenvalue weighted by atomic mass is 32.2. The van der Waals surface area contributed by atoms with Gasteiger partial charge in [0, 0.05) is 57.2 Å². The highest BCUT2D eigenvalue weighted by molar-refractivity contribution is 7.89. The van der Waals surface area contributed by atoms with Gasteiger partial charge in [0.1, 0.15) is 5.76 Å². The Labute approximate surface area is 227 Å². The van der Waals surface area contributed by atoms with Crippen LogP contribution in [0.15, 0.2) is 59.3 Å². The van der Waals surface area contributed by atoms with E-state index in [2.05, 4.69) is 9.88 Å². The van der Waals surface area contributed by atoms with E-state index in [0.29, 0.717) is 45.0 Å². The fourth-order valence-electron chi connectivity index (χ4n) is 5.16. The minimum atomic E-state index is -3.72. The Hall–Kier alpha value is -3.16. The molecule has 39 heavy (non-hydrogen) atoms. The number of nitrogens with zero attached hydrogens (tertiary/aromatic N) is 4. The van der Waals surface area contributed by atoms with E-state index in [1.54, 1.807) is 24.5 Å². The van der Waals surface area contributed by atoms with Crippen LogP contribution in [-0.4, -0.2) is 110 Å². The topological polar surface area (TPSA) is 130 Å². The molecule has 0 saturated carbocycles. The molecule has 3 saturated heterocycles. The van der Waals surface area contributed by atoms with Gasteiger partial charge in [0.05, 0.1) is 42.9 Å². The minimum absolute atomic E-state index is 0.0387. The molecule has 11 nitrogen and oxygen atoms in total. The summed E-state index contributed by atoms with van der Waals surface area (Å²) in [6, 6.07) is 8.39. The molecule has 1 N–H and O–H groups in total. The Morgan fingerprint density at radius 2 is 1.62 bits per heavy atom. The molecule has 0 spiro atoms. The normalized spacial score (nSPS) is 22.9. The molecule has 5 rings (SSSR count). The first-order valence-corrected chi connectivity index (χ1v) is 14.5. The van der Waals surface area contributed by atoms with Gasteiger partial charge in [-0.15, -0.1) is 0 Å². The number of rotatable bonds is 8. The van der Waals surface area contributed by atoms with Gasteiger partial charge in [-0.05, 0) is 42.3 Å². The summed E-state index contributed by atoms with van der Waals surface area (Å²) in [5, 5.41) is 11.3. The minimum Gasteiger partial charge on any atom is -0.507 e. The zero-order valence-electron chi connectivity index (χ0n) is 21.6. The number of hydrogen-bond donors (Lipinski definition) is 1. The fraction of sp³-hybridized carbons (Fsp3) is 0.444. The van der Waals surface area contributed by atoms with E-state index in [4.69, 9.17) is 9.47 Å². The van der Waals surface area contributed by atoms with Crippen LogP contribution in [0.1, 0.15) is 23.6 Å². The molecule has 0 radical (unpaired) electrons. The van der Waals surface area contributed by atoms with Gasteiger partial charge in [-0.1, -0.05) is 6.07 Å². The van der Waals surface area contributed by atoms with Crippen LogP contribution in [0, 0.1) is 0 Å². The lowest BCUT2D eigenvalue weighted by Crippen LogP contribution is -2.40. The summed E-state index contributed by atoms with van der Waals surface area (Å²) in [4.78, 5) is 34.4. The van der Waals surface area contributed by atoms with E-state index in [9.17, 15) is 23.1 Å². The Balaban J connectivity index is 1.42. The van der Waals surface area contributed by atoms with Gasteiger partial charge in [0.15, 0.2) is 0 Å². The summed E-state index contributed by atoms with van der Waals surface area (Å²) in [6.45, 7) is 5.27. The third-order valence-corrected chi connectivity index (χ3v) is 9.17. The van der Waals surface area contributed by atoms with Gasteiger partial charge in [0.25, 0.3) is 11.7 Å². The summed E-state index contributed by atoms with van der Waals surface area (Å²) in [7, 11) is -3.72. The van der Waals surface area contributed by atoms with Gasteiger partial charge in [-0.25, -0.2) is 8.42 Å². The second-order valence-electron chi connectivity index (χ2n) is 9.63. The molecule has 0 bridgehead atoms. The van der Waals surface area contributed by atoms with Crippen LogP contribution in [0.25, 0.3) is 5.76 Å². The molecule has 208 valence electrons. The zero-order chi connectivity index (χ0) is 27.4. The van der Waals surface area contributed by atoms with E-state index >= 15 is 0 Å². The lowest BCUT2D eigenvalue weighted by molar-refractivity contribution is -0.140. The third kappa shape index (κ3) is 5.75. The van der Waals surface area contributed by atoms with Crippen LogP contribution >= 0.6 is 0 Å². The first-order valence-electron chi connectivity index (χ1n) is 13.0. The highest BCUT2D eigenvalue weighted by Crippen LogP contribution is 2.39. The number of aliphatic hydroxyl groups excluding tert-OH is 1. The maximum atomic E-state index is 13.2. The monoisotopic (exact) mass is 556 g/mol. The Bertz CT molecular complexity index is 1320. The number of pyridine rings is 1. The summed E-state index contributed by atoms with van der Waals surface area (Å²) in [6.07, 6.45) is 3.83. The molecule has 0 aliphatic carbocycles. The van der Waals surface area contributed by atoms with Crippen molar-refractivity contribution in [3.8, 4) is 0 Å². The van der Waals surface area contributed by atoms with Gasteiger partial charge in [-0.2, -0.15) is 4.31 Å². The predicted molar refractivity (Wildman–Crippen MR) is 141 cm³/mol. The number of ether oxygens (including phenoxy) is 2. The van der Waals surface area contributed by atoms with E-state index in [-0.39, 0.29) is 34.9 Å². The van der Waals surface area contributed by atoms with Crippen molar-refractivity contribution in [1.29, 1.82) is 0 Å². The van der Waals surface area contributed by atoms with Crippen molar-refractivity contribution in [2.75, 3.05) is 65.7 Å². The van der Waals surface area contributed by atoms with Gasteiger partial charge >= 0.3 is 0 Å². The molecule has 1 aromatic carbocycles. The molecule has 3 aliphatic rings. The number of amides is 1. The summed E-state index contributed by atoms with van der Waals surface area (Å²) < 4.78 is 38.0. The second kappa shape index (κ2) is 11.9. The molecule has 2 aromatic rings. The highest BCUT2D eigenvalue weighted by Gasteiger charge is 2.46. The molecule has 1 aromatic heterocycles. The SMILES string of the molecule is O=C1C(=O)N(CCCN2CCOCC2)C(c2cccnc2)C1=C(O)c1ccc(S(=O)(=O)N2CCOCC2)cc1. The summed E-state index contributed by atoms with van der Waals surface area (Å²) in [5.74, 6) is -1.81. The van der Waals surface area contributed by atoms with Crippen LogP contribution in [0.2, 0.25) is 0 Å². The Kier molecular flexibility index (Phi) is 8.38. The van der Waals surface area contributed by atoms with E-state index < -0.39 is 27.8 Å². The number of morpholine rings is 2. The molecular formula is C27H32N4O7S. The first-order chi connectivity index (χ1) is 18.9. The van der Waals surface area contributed by atoms with Crippen LogP contribution in [0.5, 0.6) is 0 Å². The number of sulfonamides is 1. The molecule has 3 aliphatic heterocycles. The Morgan fingerprint density at radius 1 is 0.949 bits per heavy atom. The zero-order valence-corrected chi connectivity index (χ0v) is 22.4. The summed E-state index contributed by atoms with van der Waals surface area (Å²) >= 11 is 0. The molecule has 4 heterocycles. The van der Waals surface area contributed by atoms with E-state index in [1.165, 1.54) is 33.5 Å². The quantitative estimate of drug-likeness (QED) is 0.290. The van der Waals surface area contributed by atoms with E-state index in [1.807, 2.05) is 0 Å². The van der Waals surface area contributed by atoms with Crippen molar-refractivity contribution >= 4 is 27.5 Å². The number of hydrogen-bond acceptors (Lipinski definition) is 9. The molecule has 12 heteroatoms. The smallest absolute Gasteiger partial charge is 0.295 e. The largest absolute Gasteiger partial charge is 0.507 e. The second-order valence-corrected chi connectivity index (χ2v) is 11.6. The molecule has 1 unspecified atom stereocenters. The third-order valence-electron chi connectivity index (χ3n) is 7.25. The van der Waals surface area contributed by atoms with Crippen molar-refractivity contribution in [2.45, 2.75) is 17.4 Å². The van der Waals surface area contributed by atoms with Crippen molar-refractivity contribution in [2.24, 2.45) is 0 Å². The number of ketones is 1. The number of benzene rings is 1. The predicted octanol–water partition coefficient (Wildman–Crippen LogP) is 1.25. The average molecular weight is 557 g/mol. The van der Waals surface area contributed by atoms with E-state index in [0.717, 1.165) is 19.6 Å². The number of aliphatic hydroxyl groups is 1. The summed E-state index contributed by atoms with van der Waals surface area (Å²) in [5.41, 5.74) is 0.815. The lowest BCUT2D eigenvalue weighted by atomic mass is 9.96. The maximum Gasteiger partial charge on any atom is 0.295 e. The van der Waals surface area contributed by atoms with Crippen molar-refractivity contribution in [3.63, 3.8) is 0 Å². The number of Topliss-reactive ketones (excluding diaryl/α,β-unsaturated/α-hetero) is 1. The fourth-order valence-corrected chi connectivity index (χ4v) is 6.57. The van der Waals surface area contributed by atoms with Crippen LogP contribution in [0.4, 0.5) is 0 Å². The van der Waals surface area contributed by atoms with Crippen molar-refractivity contribution in [1.82, 2.24) is 19.1 Å². The number of carbonyl (C=O) groups is 2. The van der Waals surface area contributed by atoms with Gasteiger partial charge in [0.2, 0.25) is 10.0 Å². The number of likely N-dealkylation sites (tertiary alicyclic amines) is 1. The van der Waals surface area contributed by atoms with Crippen molar-refractivity contribution in [3.05, 3.63) is 65.5 Å². The van der Waals surface area contributed by atoms with Gasteiger partial charge < -0.3 is 19.5 Å². The maximum absolute atomic E-state index is 13.2.